The van der Waals surface area contributed by atoms with Crippen molar-refractivity contribution in [3.8, 4) is 0 Å². The number of rotatable bonds is 4. The molecule has 1 aromatic heterocycles. The van der Waals surface area contributed by atoms with E-state index < -0.39 is 0 Å². The fourth-order valence-electron chi connectivity index (χ4n) is 3.96. The molecule has 0 atom stereocenters. The van der Waals surface area contributed by atoms with Gasteiger partial charge < -0.3 is 15.2 Å². The van der Waals surface area contributed by atoms with E-state index in [0.29, 0.717) is 11.1 Å². The average Bonchev–Trinajstić information content (AvgIpc) is 2.72. The Balaban J connectivity index is 1.57. The molecule has 4 rings (SSSR count). The van der Waals surface area contributed by atoms with Gasteiger partial charge >= 0.3 is 0 Å². The zero-order valence-corrected chi connectivity index (χ0v) is 16.8. The van der Waals surface area contributed by atoms with Crippen molar-refractivity contribution in [2.45, 2.75) is 33.2 Å². The Bertz CT molecular complexity index is 1100. The number of para-hydroxylation sites is 1. The van der Waals surface area contributed by atoms with Crippen LogP contribution in [-0.2, 0) is 13.0 Å². The van der Waals surface area contributed by atoms with E-state index in [9.17, 15) is 9.59 Å². The first-order valence-corrected chi connectivity index (χ1v) is 9.96. The molecule has 0 saturated carbocycles. The second-order valence-corrected chi connectivity index (χ2v) is 7.56. The topological polar surface area (TPSA) is 65.2 Å². The third-order valence-electron chi connectivity index (χ3n) is 5.45. The van der Waals surface area contributed by atoms with Crippen molar-refractivity contribution in [1.29, 1.82) is 0 Å². The van der Waals surface area contributed by atoms with E-state index in [1.165, 1.54) is 5.56 Å². The Hall–Kier alpha value is -3.34. The van der Waals surface area contributed by atoms with Gasteiger partial charge in [0.2, 0.25) is 0 Å². The Morgan fingerprint density at radius 2 is 1.90 bits per heavy atom. The van der Waals surface area contributed by atoms with Crippen LogP contribution >= 0.6 is 0 Å². The molecule has 0 saturated heterocycles. The molecule has 3 aromatic rings. The smallest absolute Gasteiger partial charge is 0.253 e. The van der Waals surface area contributed by atoms with Crippen LogP contribution in [0.15, 0.2) is 59.4 Å². The van der Waals surface area contributed by atoms with E-state index >= 15 is 0 Å². The van der Waals surface area contributed by atoms with Crippen molar-refractivity contribution >= 4 is 17.3 Å². The zero-order valence-electron chi connectivity index (χ0n) is 16.8. The molecule has 2 aromatic carbocycles. The first-order chi connectivity index (χ1) is 14.0. The largest absolute Gasteiger partial charge is 0.348 e. The maximum atomic E-state index is 12.8. The third kappa shape index (κ3) is 3.94. The summed E-state index contributed by atoms with van der Waals surface area (Å²) in [7, 11) is 0. The van der Waals surface area contributed by atoms with Gasteiger partial charge in [-0.1, -0.05) is 24.3 Å². The minimum Gasteiger partial charge on any atom is -0.348 e. The van der Waals surface area contributed by atoms with E-state index in [4.69, 9.17) is 0 Å². The summed E-state index contributed by atoms with van der Waals surface area (Å²) in [6.45, 7) is 4.88. The molecule has 0 bridgehead atoms. The molecule has 2 N–H and O–H groups in total. The molecule has 5 heteroatoms. The number of pyridine rings is 1. The predicted molar refractivity (Wildman–Crippen MR) is 116 cm³/mol. The Morgan fingerprint density at radius 3 is 2.66 bits per heavy atom. The van der Waals surface area contributed by atoms with Gasteiger partial charge in [-0.15, -0.1) is 0 Å². The van der Waals surface area contributed by atoms with E-state index in [0.717, 1.165) is 42.0 Å². The molecule has 5 nitrogen and oxygen atoms in total. The zero-order chi connectivity index (χ0) is 20.4. The van der Waals surface area contributed by atoms with Crippen LogP contribution in [0.5, 0.6) is 0 Å². The minimum atomic E-state index is -0.175. The lowest BCUT2D eigenvalue weighted by Gasteiger charge is -2.31. The van der Waals surface area contributed by atoms with Crippen LogP contribution in [0.25, 0.3) is 0 Å². The van der Waals surface area contributed by atoms with Crippen molar-refractivity contribution in [2.75, 3.05) is 11.4 Å². The molecule has 0 fully saturated rings. The number of amides is 1. The van der Waals surface area contributed by atoms with E-state index in [1.54, 1.807) is 0 Å². The fraction of sp³-hybridized carbons (Fsp3) is 0.250. The number of carbonyl (C=O) groups excluding carboxylic acids is 1. The normalized spacial score (nSPS) is 13.1. The quantitative estimate of drug-likeness (QED) is 0.711. The highest BCUT2D eigenvalue weighted by molar-refractivity contribution is 5.95. The maximum absolute atomic E-state index is 12.8. The highest BCUT2D eigenvalue weighted by atomic mass is 16.1. The van der Waals surface area contributed by atoms with Gasteiger partial charge in [-0.05, 0) is 68.1 Å². The fourth-order valence-corrected chi connectivity index (χ4v) is 3.96. The first-order valence-electron chi connectivity index (χ1n) is 9.96. The van der Waals surface area contributed by atoms with E-state index in [-0.39, 0.29) is 18.0 Å². The molecule has 0 spiro atoms. The third-order valence-corrected chi connectivity index (χ3v) is 5.45. The van der Waals surface area contributed by atoms with E-state index in [2.05, 4.69) is 27.3 Å². The molecule has 29 heavy (non-hydrogen) atoms. The Kier molecular flexibility index (Phi) is 5.21. The van der Waals surface area contributed by atoms with Gasteiger partial charge in [-0.25, -0.2) is 0 Å². The monoisotopic (exact) mass is 387 g/mol. The SMILES string of the molecule is Cc1cc(C)c(CNC(=O)c2ccc3c(c2)N(c2ccccc2)CCC3)c(=O)[nH]1. The summed E-state index contributed by atoms with van der Waals surface area (Å²) in [5.74, 6) is -0.175. The molecule has 0 aliphatic carbocycles. The van der Waals surface area contributed by atoms with Crippen LogP contribution in [0.4, 0.5) is 11.4 Å². The molecule has 1 aliphatic heterocycles. The number of aromatic nitrogens is 1. The van der Waals surface area contributed by atoms with Crippen molar-refractivity contribution in [3.05, 3.63) is 92.9 Å². The van der Waals surface area contributed by atoms with Crippen molar-refractivity contribution in [1.82, 2.24) is 10.3 Å². The van der Waals surface area contributed by atoms with Gasteiger partial charge in [0.1, 0.15) is 0 Å². The summed E-state index contributed by atoms with van der Waals surface area (Å²) < 4.78 is 0. The number of nitrogens with one attached hydrogen (secondary N) is 2. The van der Waals surface area contributed by atoms with Gasteiger partial charge in [0.05, 0.1) is 0 Å². The summed E-state index contributed by atoms with van der Waals surface area (Å²) in [6, 6.07) is 18.0. The molecular weight excluding hydrogens is 362 g/mol. The van der Waals surface area contributed by atoms with Crippen LogP contribution < -0.4 is 15.8 Å². The highest BCUT2D eigenvalue weighted by Crippen LogP contribution is 2.34. The number of aryl methyl sites for hydroxylation is 3. The number of hydrogen-bond donors (Lipinski definition) is 2. The van der Waals surface area contributed by atoms with Crippen molar-refractivity contribution in [2.24, 2.45) is 0 Å². The van der Waals surface area contributed by atoms with Crippen LogP contribution in [0.1, 0.15) is 39.2 Å². The Labute approximate surface area is 170 Å². The molecule has 1 amide bonds. The predicted octanol–water partition coefficient (Wildman–Crippen LogP) is 4.01. The summed E-state index contributed by atoms with van der Waals surface area (Å²) in [5, 5.41) is 2.90. The van der Waals surface area contributed by atoms with E-state index in [1.807, 2.05) is 56.3 Å². The lowest BCUT2D eigenvalue weighted by atomic mass is 9.98. The summed E-state index contributed by atoms with van der Waals surface area (Å²) in [5.41, 5.74) is 6.21. The van der Waals surface area contributed by atoms with Gasteiger partial charge in [-0.2, -0.15) is 0 Å². The first kappa shape index (κ1) is 19.0. The van der Waals surface area contributed by atoms with Crippen LogP contribution in [0, 0.1) is 13.8 Å². The molecule has 0 radical (unpaired) electrons. The standard InChI is InChI=1S/C24H25N3O2/c1-16-13-17(2)26-24(29)21(16)15-25-23(28)19-11-10-18-7-6-12-27(22(18)14-19)20-8-4-3-5-9-20/h3-5,8-11,13-14H,6-7,12,15H2,1-2H3,(H,25,28)(H,26,29). The summed E-state index contributed by atoms with van der Waals surface area (Å²) in [4.78, 5) is 30.0. The molecule has 148 valence electrons. The number of hydrogen-bond acceptors (Lipinski definition) is 3. The number of benzene rings is 2. The summed E-state index contributed by atoms with van der Waals surface area (Å²) in [6.07, 6.45) is 2.10. The van der Waals surface area contributed by atoms with Gasteiger partial charge in [0, 0.05) is 41.3 Å². The van der Waals surface area contributed by atoms with Crippen LogP contribution in [0.3, 0.4) is 0 Å². The number of H-pyrrole nitrogens is 1. The number of nitrogens with zero attached hydrogens (tertiary/aromatic N) is 1. The van der Waals surface area contributed by atoms with Crippen LogP contribution in [-0.4, -0.2) is 17.4 Å². The highest BCUT2D eigenvalue weighted by Gasteiger charge is 2.20. The Morgan fingerprint density at radius 1 is 1.10 bits per heavy atom. The van der Waals surface area contributed by atoms with Gasteiger partial charge in [-0.3, -0.25) is 9.59 Å². The van der Waals surface area contributed by atoms with Crippen LogP contribution in [0.2, 0.25) is 0 Å². The molecule has 2 heterocycles. The number of anilines is 2. The lowest BCUT2D eigenvalue weighted by molar-refractivity contribution is 0.0950. The average molecular weight is 387 g/mol. The van der Waals surface area contributed by atoms with Crippen molar-refractivity contribution < 1.29 is 4.79 Å². The maximum Gasteiger partial charge on any atom is 0.253 e. The van der Waals surface area contributed by atoms with Gasteiger partial charge in [0.25, 0.3) is 11.5 Å². The number of aromatic amines is 1. The second-order valence-electron chi connectivity index (χ2n) is 7.56. The lowest BCUT2D eigenvalue weighted by Crippen LogP contribution is -2.29. The van der Waals surface area contributed by atoms with Crippen molar-refractivity contribution in [3.63, 3.8) is 0 Å². The molecular formula is C24H25N3O2. The number of carbonyl (C=O) groups is 1. The number of fused-ring (bicyclic) bond motifs is 1. The molecule has 1 aliphatic rings. The summed E-state index contributed by atoms with van der Waals surface area (Å²) >= 11 is 0. The molecule has 0 unspecified atom stereocenters. The second kappa shape index (κ2) is 7.95. The van der Waals surface area contributed by atoms with Gasteiger partial charge in [0.15, 0.2) is 0 Å². The minimum absolute atomic E-state index is 0.150.